The first-order chi connectivity index (χ1) is 18.0. The summed E-state index contributed by atoms with van der Waals surface area (Å²) in [6.07, 6.45) is 3.45. The lowest BCUT2D eigenvalue weighted by atomic mass is 9.90. The van der Waals surface area contributed by atoms with Crippen LogP contribution < -0.4 is 9.47 Å². The second kappa shape index (κ2) is 11.2. The number of ketones is 1. The molecule has 0 amide bonds. The zero-order chi connectivity index (χ0) is 27.3. The standard InChI is InChI=1S/C31H31NO5S/c1-31(2,3)20-26(33)21-38(34,35)30-19-25(23-14-16-32-17-15-23)10-13-29(30)37-28-7-5-6-24(18-28)22-8-11-27(36-4)12-9-22/h5-19H,20-21H2,1-4H3. The Morgan fingerprint density at radius 3 is 2.08 bits per heavy atom. The van der Waals surface area contributed by atoms with Crippen LogP contribution >= 0.6 is 0 Å². The number of hydrogen-bond acceptors (Lipinski definition) is 6. The van der Waals surface area contributed by atoms with Crippen LogP contribution in [0.25, 0.3) is 22.3 Å². The van der Waals surface area contributed by atoms with Crippen LogP contribution in [0.2, 0.25) is 0 Å². The average molecular weight is 530 g/mol. The fourth-order valence-corrected chi connectivity index (χ4v) is 5.55. The summed E-state index contributed by atoms with van der Waals surface area (Å²) in [6, 6.07) is 23.7. The Balaban J connectivity index is 1.71. The molecule has 0 unspecified atom stereocenters. The Morgan fingerprint density at radius 2 is 1.42 bits per heavy atom. The minimum Gasteiger partial charge on any atom is -0.497 e. The van der Waals surface area contributed by atoms with Crippen molar-refractivity contribution in [1.82, 2.24) is 4.98 Å². The lowest BCUT2D eigenvalue weighted by Crippen LogP contribution is -2.21. The van der Waals surface area contributed by atoms with Crippen molar-refractivity contribution in [2.45, 2.75) is 32.1 Å². The number of sulfone groups is 1. The highest BCUT2D eigenvalue weighted by Gasteiger charge is 2.27. The number of pyridine rings is 1. The summed E-state index contributed by atoms with van der Waals surface area (Å²) >= 11 is 0. The van der Waals surface area contributed by atoms with Gasteiger partial charge in [-0.15, -0.1) is 0 Å². The predicted octanol–water partition coefficient (Wildman–Crippen LogP) is 7.00. The molecular weight excluding hydrogens is 498 g/mol. The highest BCUT2D eigenvalue weighted by atomic mass is 32.2. The van der Waals surface area contributed by atoms with E-state index in [-0.39, 0.29) is 28.3 Å². The molecule has 6 nitrogen and oxygen atoms in total. The molecule has 0 aliphatic rings. The summed E-state index contributed by atoms with van der Waals surface area (Å²) in [5.41, 5.74) is 3.06. The number of rotatable bonds is 9. The SMILES string of the molecule is COc1ccc(-c2cccc(Oc3ccc(-c4ccncc4)cc3S(=O)(=O)CC(=O)CC(C)(C)C)c2)cc1. The van der Waals surface area contributed by atoms with Crippen LogP contribution in [-0.2, 0) is 14.6 Å². The molecule has 196 valence electrons. The zero-order valence-electron chi connectivity index (χ0n) is 22.0. The molecule has 0 aliphatic heterocycles. The van der Waals surface area contributed by atoms with E-state index >= 15 is 0 Å². The third-order valence-corrected chi connectivity index (χ3v) is 7.55. The third-order valence-electron chi connectivity index (χ3n) is 5.86. The minimum absolute atomic E-state index is 0.0241. The second-order valence-electron chi connectivity index (χ2n) is 10.3. The summed E-state index contributed by atoms with van der Waals surface area (Å²) in [4.78, 5) is 16.7. The van der Waals surface area contributed by atoms with Gasteiger partial charge in [-0.25, -0.2) is 8.42 Å². The first-order valence-electron chi connectivity index (χ1n) is 12.3. The molecule has 7 heteroatoms. The van der Waals surface area contributed by atoms with Crippen molar-refractivity contribution in [2.24, 2.45) is 5.41 Å². The van der Waals surface area contributed by atoms with Gasteiger partial charge in [0, 0.05) is 18.8 Å². The van der Waals surface area contributed by atoms with E-state index in [1.165, 1.54) is 0 Å². The van der Waals surface area contributed by atoms with E-state index < -0.39 is 15.6 Å². The van der Waals surface area contributed by atoms with E-state index in [0.29, 0.717) is 11.3 Å². The van der Waals surface area contributed by atoms with E-state index in [2.05, 4.69) is 4.98 Å². The van der Waals surface area contributed by atoms with Gasteiger partial charge in [0.25, 0.3) is 0 Å². The highest BCUT2D eigenvalue weighted by Crippen LogP contribution is 2.35. The molecule has 4 aromatic rings. The number of Topliss-reactive ketones (excluding diaryl/α,β-unsaturated/α-hetero) is 1. The zero-order valence-corrected chi connectivity index (χ0v) is 22.8. The lowest BCUT2D eigenvalue weighted by Gasteiger charge is -2.18. The molecule has 1 aromatic heterocycles. The Morgan fingerprint density at radius 1 is 0.789 bits per heavy atom. The van der Waals surface area contributed by atoms with Gasteiger partial charge in [-0.2, -0.15) is 0 Å². The summed E-state index contributed by atoms with van der Waals surface area (Å²) in [7, 11) is -2.37. The van der Waals surface area contributed by atoms with E-state index in [9.17, 15) is 13.2 Å². The smallest absolute Gasteiger partial charge is 0.189 e. The first kappa shape index (κ1) is 27.1. The molecule has 0 atom stereocenters. The van der Waals surface area contributed by atoms with Crippen molar-refractivity contribution in [2.75, 3.05) is 12.9 Å². The van der Waals surface area contributed by atoms with Crippen LogP contribution in [0, 0.1) is 5.41 Å². The summed E-state index contributed by atoms with van der Waals surface area (Å²) in [6.45, 7) is 5.73. The van der Waals surface area contributed by atoms with E-state index in [1.54, 1.807) is 55.9 Å². The molecule has 0 fully saturated rings. The van der Waals surface area contributed by atoms with Gasteiger partial charge in [0.05, 0.1) is 7.11 Å². The second-order valence-corrected chi connectivity index (χ2v) is 12.2. The molecule has 0 saturated carbocycles. The maximum Gasteiger partial charge on any atom is 0.189 e. The average Bonchev–Trinajstić information content (AvgIpc) is 2.88. The summed E-state index contributed by atoms with van der Waals surface area (Å²) in [5, 5.41) is 0. The lowest BCUT2D eigenvalue weighted by molar-refractivity contribution is -0.118. The van der Waals surface area contributed by atoms with Crippen LogP contribution in [-0.4, -0.2) is 32.0 Å². The molecule has 0 spiro atoms. The van der Waals surface area contributed by atoms with Gasteiger partial charge in [0.15, 0.2) is 9.84 Å². The minimum atomic E-state index is -3.99. The van der Waals surface area contributed by atoms with Crippen LogP contribution in [0.4, 0.5) is 0 Å². The fraction of sp³-hybridized carbons (Fsp3) is 0.226. The molecule has 38 heavy (non-hydrogen) atoms. The topological polar surface area (TPSA) is 82.6 Å². The van der Waals surface area contributed by atoms with Crippen molar-refractivity contribution < 1.29 is 22.7 Å². The van der Waals surface area contributed by atoms with Gasteiger partial charge in [-0.05, 0) is 76.2 Å². The van der Waals surface area contributed by atoms with Gasteiger partial charge in [0.2, 0.25) is 0 Å². The van der Waals surface area contributed by atoms with Crippen LogP contribution in [0.3, 0.4) is 0 Å². The number of carbonyl (C=O) groups excluding carboxylic acids is 1. The summed E-state index contributed by atoms with van der Waals surface area (Å²) in [5.74, 6) is 0.475. The molecule has 0 aliphatic carbocycles. The quantitative estimate of drug-likeness (QED) is 0.232. The van der Waals surface area contributed by atoms with Crippen molar-refractivity contribution in [3.05, 3.63) is 91.3 Å². The fourth-order valence-electron chi connectivity index (χ4n) is 4.14. The van der Waals surface area contributed by atoms with Crippen molar-refractivity contribution in [3.8, 4) is 39.5 Å². The third kappa shape index (κ3) is 6.86. The van der Waals surface area contributed by atoms with Gasteiger partial charge in [0.1, 0.15) is 33.7 Å². The predicted molar refractivity (Wildman–Crippen MR) is 149 cm³/mol. The molecule has 1 heterocycles. The van der Waals surface area contributed by atoms with Crippen LogP contribution in [0.1, 0.15) is 27.2 Å². The van der Waals surface area contributed by atoms with Crippen molar-refractivity contribution in [1.29, 1.82) is 0 Å². The Bertz CT molecular complexity index is 1520. The number of ether oxygens (including phenoxy) is 2. The number of benzene rings is 3. The number of carbonyl (C=O) groups is 1. The largest absolute Gasteiger partial charge is 0.497 e. The van der Waals surface area contributed by atoms with E-state index in [1.807, 2.05) is 63.2 Å². The van der Waals surface area contributed by atoms with Gasteiger partial charge < -0.3 is 9.47 Å². The Kier molecular flexibility index (Phi) is 7.97. The van der Waals surface area contributed by atoms with Crippen LogP contribution in [0.5, 0.6) is 17.2 Å². The molecule has 0 saturated heterocycles. The number of hydrogen-bond donors (Lipinski definition) is 0. The number of aromatic nitrogens is 1. The Hall–Kier alpha value is -3.97. The summed E-state index contributed by atoms with van der Waals surface area (Å²) < 4.78 is 38.5. The highest BCUT2D eigenvalue weighted by molar-refractivity contribution is 7.92. The molecule has 0 bridgehead atoms. The molecule has 4 rings (SSSR count). The molecular formula is C31H31NO5S. The molecule has 0 radical (unpaired) electrons. The van der Waals surface area contributed by atoms with Gasteiger partial charge in [-0.1, -0.05) is 51.1 Å². The van der Waals surface area contributed by atoms with Gasteiger partial charge in [-0.3, -0.25) is 9.78 Å². The van der Waals surface area contributed by atoms with E-state index in [0.717, 1.165) is 22.4 Å². The van der Waals surface area contributed by atoms with Crippen LogP contribution in [0.15, 0.2) is 96.2 Å². The van der Waals surface area contributed by atoms with Crippen molar-refractivity contribution >= 4 is 15.6 Å². The normalized spacial score (nSPS) is 11.7. The maximum absolute atomic E-state index is 13.5. The monoisotopic (exact) mass is 529 g/mol. The number of nitrogens with zero attached hydrogens (tertiary/aromatic N) is 1. The van der Waals surface area contributed by atoms with Crippen molar-refractivity contribution in [3.63, 3.8) is 0 Å². The first-order valence-corrected chi connectivity index (χ1v) is 13.9. The number of methoxy groups -OCH3 is 1. The van der Waals surface area contributed by atoms with E-state index in [4.69, 9.17) is 9.47 Å². The molecule has 3 aromatic carbocycles. The van der Waals surface area contributed by atoms with Gasteiger partial charge >= 0.3 is 0 Å². The Labute approximate surface area is 224 Å². The maximum atomic E-state index is 13.5. The molecule has 0 N–H and O–H groups in total.